The van der Waals surface area contributed by atoms with Crippen molar-refractivity contribution in [1.82, 2.24) is 0 Å². The average molecular weight is 291 g/mol. The Hall–Kier alpha value is -2.76. The highest BCUT2D eigenvalue weighted by Gasteiger charge is 2.18. The predicted molar refractivity (Wildman–Crippen MR) is 75.1 cm³/mol. The Morgan fingerprint density at radius 3 is 2.71 bits per heavy atom. The van der Waals surface area contributed by atoms with Gasteiger partial charge in [-0.05, 0) is 18.2 Å². The topological polar surface area (TPSA) is 81.8 Å². The lowest BCUT2D eigenvalue weighted by atomic mass is 10.1. The summed E-state index contributed by atoms with van der Waals surface area (Å²) in [5.41, 5.74) is 6.10. The molecule has 0 aliphatic rings. The zero-order valence-electron chi connectivity index (χ0n) is 11.3. The summed E-state index contributed by atoms with van der Waals surface area (Å²) in [4.78, 5) is 11.3. The predicted octanol–water partition coefficient (Wildman–Crippen LogP) is 2.69. The fourth-order valence-electron chi connectivity index (χ4n) is 1.91. The molecule has 0 amide bonds. The molecule has 0 aromatic heterocycles. The van der Waals surface area contributed by atoms with Crippen LogP contribution in [-0.4, -0.2) is 18.2 Å². The van der Waals surface area contributed by atoms with Gasteiger partial charge in [0.1, 0.15) is 23.9 Å². The van der Waals surface area contributed by atoms with Gasteiger partial charge in [-0.3, -0.25) is 0 Å². The molecule has 3 N–H and O–H groups in total. The molecule has 0 saturated heterocycles. The molecular weight excluding hydrogens is 277 g/mol. The fourth-order valence-corrected chi connectivity index (χ4v) is 1.91. The summed E-state index contributed by atoms with van der Waals surface area (Å²) in [5.74, 6) is -1.02. The molecule has 0 atom stereocenters. The van der Waals surface area contributed by atoms with E-state index in [2.05, 4.69) is 0 Å². The molecule has 21 heavy (non-hydrogen) atoms. The Kier molecular flexibility index (Phi) is 4.27. The van der Waals surface area contributed by atoms with E-state index in [0.717, 1.165) is 0 Å². The van der Waals surface area contributed by atoms with Crippen LogP contribution in [0.3, 0.4) is 0 Å². The molecule has 0 unspecified atom stereocenters. The molecular formula is C15H14FNO4. The lowest BCUT2D eigenvalue weighted by Crippen LogP contribution is -2.10. The first-order chi connectivity index (χ1) is 10.0. The third-order valence-electron chi connectivity index (χ3n) is 2.92. The molecule has 0 aliphatic carbocycles. The number of rotatable bonds is 5. The van der Waals surface area contributed by atoms with Crippen molar-refractivity contribution in [1.29, 1.82) is 0 Å². The highest BCUT2D eigenvalue weighted by atomic mass is 19.1. The summed E-state index contributed by atoms with van der Waals surface area (Å²) < 4.78 is 23.4. The van der Waals surface area contributed by atoms with Crippen LogP contribution >= 0.6 is 0 Å². The summed E-state index contributed by atoms with van der Waals surface area (Å²) in [6.07, 6.45) is 0. The lowest BCUT2D eigenvalue weighted by Gasteiger charge is -2.13. The molecule has 5 nitrogen and oxygen atoms in total. The van der Waals surface area contributed by atoms with Gasteiger partial charge in [-0.2, -0.15) is 0 Å². The minimum atomic E-state index is -1.18. The van der Waals surface area contributed by atoms with Crippen LogP contribution < -0.4 is 15.2 Å². The first-order valence-electron chi connectivity index (χ1n) is 6.10. The number of carbonyl (C=O) groups is 1. The van der Waals surface area contributed by atoms with E-state index < -0.39 is 11.8 Å². The number of ether oxygens (including phenoxy) is 2. The maximum Gasteiger partial charge on any atom is 0.338 e. The van der Waals surface area contributed by atoms with Crippen molar-refractivity contribution in [2.24, 2.45) is 0 Å². The number of carboxylic acid groups (broad SMARTS) is 1. The standard InChI is InChI=1S/C15H14FNO4/c1-20-12-6-5-9(13(14(12)17)15(18)19)8-21-11-4-2-3-10(16)7-11/h2-7H,8,17H2,1H3,(H,18,19). The lowest BCUT2D eigenvalue weighted by molar-refractivity contribution is 0.0694. The Morgan fingerprint density at radius 1 is 1.33 bits per heavy atom. The van der Waals surface area contributed by atoms with E-state index >= 15 is 0 Å². The number of hydrogen-bond donors (Lipinski definition) is 2. The van der Waals surface area contributed by atoms with Crippen LogP contribution in [-0.2, 0) is 6.61 Å². The van der Waals surface area contributed by atoms with E-state index in [0.29, 0.717) is 11.3 Å². The van der Waals surface area contributed by atoms with Crippen molar-refractivity contribution in [2.45, 2.75) is 6.61 Å². The summed E-state index contributed by atoms with van der Waals surface area (Å²) in [5, 5.41) is 9.26. The van der Waals surface area contributed by atoms with Crippen molar-refractivity contribution < 1.29 is 23.8 Å². The van der Waals surface area contributed by atoms with Crippen molar-refractivity contribution in [2.75, 3.05) is 12.8 Å². The summed E-state index contributed by atoms with van der Waals surface area (Å²) in [7, 11) is 1.40. The number of carboxylic acids is 1. The van der Waals surface area contributed by atoms with Crippen LogP contribution in [0.1, 0.15) is 15.9 Å². The van der Waals surface area contributed by atoms with Gasteiger partial charge in [0.15, 0.2) is 0 Å². The van der Waals surface area contributed by atoms with Crippen molar-refractivity contribution in [3.05, 3.63) is 53.3 Å². The zero-order valence-corrected chi connectivity index (χ0v) is 11.3. The maximum atomic E-state index is 13.1. The summed E-state index contributed by atoms with van der Waals surface area (Å²) in [6, 6.07) is 8.71. The van der Waals surface area contributed by atoms with Gasteiger partial charge >= 0.3 is 5.97 Å². The van der Waals surface area contributed by atoms with Crippen LogP contribution in [0.4, 0.5) is 10.1 Å². The van der Waals surface area contributed by atoms with Crippen molar-refractivity contribution >= 4 is 11.7 Å². The maximum absolute atomic E-state index is 13.1. The molecule has 0 heterocycles. The van der Waals surface area contributed by atoms with Crippen molar-refractivity contribution in [3.63, 3.8) is 0 Å². The Labute approximate surface area is 120 Å². The highest BCUT2D eigenvalue weighted by Crippen LogP contribution is 2.29. The summed E-state index contributed by atoms with van der Waals surface area (Å²) in [6.45, 7) is -0.0424. The quantitative estimate of drug-likeness (QED) is 0.828. The van der Waals surface area contributed by atoms with Gasteiger partial charge in [-0.25, -0.2) is 9.18 Å². The minimum Gasteiger partial charge on any atom is -0.495 e. The molecule has 110 valence electrons. The van der Waals surface area contributed by atoms with E-state index in [4.69, 9.17) is 15.2 Å². The van der Waals surface area contributed by atoms with Gasteiger partial charge in [-0.15, -0.1) is 0 Å². The second kappa shape index (κ2) is 6.13. The van der Waals surface area contributed by atoms with Crippen molar-refractivity contribution in [3.8, 4) is 11.5 Å². The number of benzene rings is 2. The summed E-state index contributed by atoms with van der Waals surface area (Å²) >= 11 is 0. The first-order valence-corrected chi connectivity index (χ1v) is 6.10. The van der Waals surface area contributed by atoms with Gasteiger partial charge in [0, 0.05) is 11.6 Å². The van der Waals surface area contributed by atoms with E-state index in [1.165, 1.54) is 25.3 Å². The number of nitrogens with two attached hydrogens (primary N) is 1. The monoisotopic (exact) mass is 291 g/mol. The zero-order chi connectivity index (χ0) is 15.4. The van der Waals surface area contributed by atoms with Crippen LogP contribution in [0.25, 0.3) is 0 Å². The van der Waals surface area contributed by atoms with Gasteiger partial charge in [0.25, 0.3) is 0 Å². The molecule has 0 fully saturated rings. The van der Waals surface area contributed by atoms with E-state index in [1.54, 1.807) is 18.2 Å². The molecule has 0 bridgehead atoms. The highest BCUT2D eigenvalue weighted by molar-refractivity contribution is 5.96. The molecule has 2 aromatic carbocycles. The van der Waals surface area contributed by atoms with E-state index in [9.17, 15) is 14.3 Å². The van der Waals surface area contributed by atoms with Crippen LogP contribution in [0.5, 0.6) is 11.5 Å². The molecule has 0 spiro atoms. The first kappa shape index (κ1) is 14.6. The van der Waals surface area contributed by atoms with Gasteiger partial charge in [0.05, 0.1) is 18.4 Å². The Bertz CT molecular complexity index is 673. The largest absolute Gasteiger partial charge is 0.495 e. The van der Waals surface area contributed by atoms with E-state index in [-0.39, 0.29) is 23.6 Å². The Morgan fingerprint density at radius 2 is 2.10 bits per heavy atom. The van der Waals surface area contributed by atoms with Gasteiger partial charge in [0.2, 0.25) is 0 Å². The molecule has 2 rings (SSSR count). The molecule has 6 heteroatoms. The molecule has 0 saturated carbocycles. The van der Waals surface area contributed by atoms with E-state index in [1.807, 2.05) is 0 Å². The third-order valence-corrected chi connectivity index (χ3v) is 2.92. The molecule has 0 radical (unpaired) electrons. The normalized spacial score (nSPS) is 10.2. The number of halogens is 1. The SMILES string of the molecule is COc1ccc(COc2cccc(F)c2)c(C(=O)O)c1N. The minimum absolute atomic E-state index is 0.0327. The average Bonchev–Trinajstić information content (AvgIpc) is 2.44. The third kappa shape index (κ3) is 3.22. The number of methoxy groups -OCH3 is 1. The number of anilines is 1. The smallest absolute Gasteiger partial charge is 0.338 e. The second-order valence-corrected chi connectivity index (χ2v) is 4.27. The molecule has 0 aliphatic heterocycles. The number of nitrogen functional groups attached to an aromatic ring is 1. The number of hydrogen-bond acceptors (Lipinski definition) is 4. The fraction of sp³-hybridized carbons (Fsp3) is 0.133. The van der Waals surface area contributed by atoms with Crippen LogP contribution in [0.15, 0.2) is 36.4 Å². The van der Waals surface area contributed by atoms with Gasteiger partial charge < -0.3 is 20.3 Å². The second-order valence-electron chi connectivity index (χ2n) is 4.27. The number of aromatic carboxylic acids is 1. The van der Waals surface area contributed by atoms with Crippen LogP contribution in [0.2, 0.25) is 0 Å². The molecule has 2 aromatic rings. The van der Waals surface area contributed by atoms with Gasteiger partial charge in [-0.1, -0.05) is 12.1 Å². The van der Waals surface area contributed by atoms with Crippen LogP contribution in [0, 0.1) is 5.82 Å². The Balaban J connectivity index is 2.28.